The van der Waals surface area contributed by atoms with Crippen LogP contribution in [0.1, 0.15) is 5.56 Å². The number of hydrogen-bond acceptors (Lipinski definition) is 2. The molecule has 0 spiro atoms. The summed E-state index contributed by atoms with van der Waals surface area (Å²) in [6.45, 7) is 1.32. The zero-order valence-electron chi connectivity index (χ0n) is 10.9. The van der Waals surface area contributed by atoms with E-state index < -0.39 is 11.6 Å². The van der Waals surface area contributed by atoms with Crippen LogP contribution in [0.15, 0.2) is 47.5 Å². The Morgan fingerprint density at radius 3 is 2.80 bits per heavy atom. The van der Waals surface area contributed by atoms with Crippen LogP contribution in [0.3, 0.4) is 0 Å². The van der Waals surface area contributed by atoms with Crippen LogP contribution in [0, 0.1) is 11.6 Å². The highest BCUT2D eigenvalue weighted by molar-refractivity contribution is 5.81. The van der Waals surface area contributed by atoms with E-state index in [-0.39, 0.29) is 0 Å². The molecule has 0 fully saturated rings. The zero-order chi connectivity index (χ0) is 13.9. The van der Waals surface area contributed by atoms with Gasteiger partial charge in [0.05, 0.1) is 17.9 Å². The van der Waals surface area contributed by atoms with Gasteiger partial charge in [0.15, 0.2) is 11.6 Å². The summed E-state index contributed by atoms with van der Waals surface area (Å²) in [6.07, 6.45) is 2.30. The third kappa shape index (κ3) is 2.41. The van der Waals surface area contributed by atoms with Crippen molar-refractivity contribution < 1.29 is 8.78 Å². The Morgan fingerprint density at radius 1 is 1.05 bits per heavy atom. The molecular formula is C16H14F2N2. The summed E-state index contributed by atoms with van der Waals surface area (Å²) in [5.74, 6) is -1.53. The number of rotatable bonds is 3. The number of para-hydroxylation sites is 2. The summed E-state index contributed by atoms with van der Waals surface area (Å²) >= 11 is 0. The number of hydrogen-bond donors (Lipinski definition) is 0. The fourth-order valence-corrected chi connectivity index (χ4v) is 2.39. The monoisotopic (exact) mass is 272 g/mol. The van der Waals surface area contributed by atoms with Crippen LogP contribution < -0.4 is 4.90 Å². The first kappa shape index (κ1) is 12.8. The van der Waals surface area contributed by atoms with Crippen LogP contribution >= 0.6 is 0 Å². The molecule has 0 radical (unpaired) electrons. The van der Waals surface area contributed by atoms with E-state index in [0.29, 0.717) is 25.1 Å². The normalized spacial score (nSPS) is 13.4. The third-order valence-corrected chi connectivity index (χ3v) is 3.44. The van der Waals surface area contributed by atoms with Gasteiger partial charge in [0, 0.05) is 12.8 Å². The topological polar surface area (TPSA) is 15.6 Å². The molecule has 0 saturated carbocycles. The number of nitrogens with zero attached hydrogens (tertiary/aromatic N) is 2. The standard InChI is InChI=1S/C16H14F2N2/c17-13-5-3-4-12(16(13)18)8-10-20-11-9-19-14-6-1-2-7-15(14)20/h1-7,9H,8,10-11H2. The summed E-state index contributed by atoms with van der Waals surface area (Å²) in [6, 6.07) is 12.1. The maximum Gasteiger partial charge on any atom is 0.162 e. The Kier molecular flexibility index (Phi) is 3.46. The number of aliphatic imine (C=N–C) groups is 1. The number of anilines is 1. The molecule has 0 unspecified atom stereocenters. The Morgan fingerprint density at radius 2 is 1.90 bits per heavy atom. The molecule has 20 heavy (non-hydrogen) atoms. The van der Waals surface area contributed by atoms with Crippen LogP contribution in [-0.4, -0.2) is 19.3 Å². The second-order valence-electron chi connectivity index (χ2n) is 4.71. The van der Waals surface area contributed by atoms with E-state index in [4.69, 9.17) is 0 Å². The SMILES string of the molecule is Fc1cccc(CCN2CC=Nc3ccccc32)c1F. The maximum atomic E-state index is 13.6. The Labute approximate surface area is 116 Å². The van der Waals surface area contributed by atoms with Crippen molar-refractivity contribution in [3.05, 3.63) is 59.7 Å². The minimum Gasteiger partial charge on any atom is -0.364 e. The number of halogens is 2. The lowest BCUT2D eigenvalue weighted by Gasteiger charge is -2.27. The third-order valence-electron chi connectivity index (χ3n) is 3.44. The molecule has 2 aromatic rings. The van der Waals surface area contributed by atoms with Gasteiger partial charge in [0.1, 0.15) is 0 Å². The quantitative estimate of drug-likeness (QED) is 0.831. The van der Waals surface area contributed by atoms with Gasteiger partial charge in [0.2, 0.25) is 0 Å². The molecule has 1 heterocycles. The first-order valence-corrected chi connectivity index (χ1v) is 6.55. The van der Waals surface area contributed by atoms with E-state index in [9.17, 15) is 8.78 Å². The van der Waals surface area contributed by atoms with Gasteiger partial charge in [-0.1, -0.05) is 24.3 Å². The molecule has 1 aliphatic rings. The van der Waals surface area contributed by atoms with E-state index >= 15 is 0 Å². The Balaban J connectivity index is 1.76. The fourth-order valence-electron chi connectivity index (χ4n) is 2.39. The van der Waals surface area contributed by atoms with E-state index in [1.54, 1.807) is 12.1 Å². The van der Waals surface area contributed by atoms with Crippen LogP contribution in [0.25, 0.3) is 0 Å². The minimum absolute atomic E-state index is 0.407. The molecule has 3 rings (SSSR count). The molecule has 0 amide bonds. The molecule has 102 valence electrons. The summed E-state index contributed by atoms with van der Waals surface area (Å²) in [4.78, 5) is 6.45. The number of benzene rings is 2. The Bertz CT molecular complexity index is 653. The predicted molar refractivity (Wildman–Crippen MR) is 76.9 cm³/mol. The molecule has 1 aliphatic heterocycles. The van der Waals surface area contributed by atoms with Gasteiger partial charge in [0.25, 0.3) is 0 Å². The van der Waals surface area contributed by atoms with Crippen LogP contribution in [0.5, 0.6) is 0 Å². The van der Waals surface area contributed by atoms with Gasteiger partial charge in [-0.25, -0.2) is 8.78 Å². The van der Waals surface area contributed by atoms with E-state index in [0.717, 1.165) is 17.4 Å². The lowest BCUT2D eigenvalue weighted by atomic mass is 10.1. The highest BCUT2D eigenvalue weighted by Crippen LogP contribution is 2.30. The number of fused-ring (bicyclic) bond motifs is 1. The molecule has 2 aromatic carbocycles. The van der Waals surface area contributed by atoms with Gasteiger partial charge < -0.3 is 4.90 Å². The largest absolute Gasteiger partial charge is 0.364 e. The van der Waals surface area contributed by atoms with Gasteiger partial charge in [-0.2, -0.15) is 0 Å². The van der Waals surface area contributed by atoms with Crippen LogP contribution in [0.2, 0.25) is 0 Å². The molecule has 0 atom stereocenters. The molecule has 0 aliphatic carbocycles. The van der Waals surface area contributed by atoms with Crippen molar-refractivity contribution in [3.63, 3.8) is 0 Å². The summed E-state index contributed by atoms with van der Waals surface area (Å²) < 4.78 is 26.8. The lowest BCUT2D eigenvalue weighted by Crippen LogP contribution is -2.29. The van der Waals surface area contributed by atoms with Crippen molar-refractivity contribution >= 4 is 17.6 Å². The zero-order valence-corrected chi connectivity index (χ0v) is 10.9. The smallest absolute Gasteiger partial charge is 0.162 e. The van der Waals surface area contributed by atoms with Crippen molar-refractivity contribution in [2.24, 2.45) is 4.99 Å². The van der Waals surface area contributed by atoms with Gasteiger partial charge in [-0.3, -0.25) is 4.99 Å². The van der Waals surface area contributed by atoms with Gasteiger partial charge in [-0.15, -0.1) is 0 Å². The fraction of sp³-hybridized carbons (Fsp3) is 0.188. The van der Waals surface area contributed by atoms with Crippen LogP contribution in [0.4, 0.5) is 20.2 Å². The van der Waals surface area contributed by atoms with E-state index in [1.165, 1.54) is 0 Å². The van der Waals surface area contributed by atoms with Crippen molar-refractivity contribution in [1.29, 1.82) is 0 Å². The van der Waals surface area contributed by atoms with Gasteiger partial charge >= 0.3 is 0 Å². The van der Waals surface area contributed by atoms with Gasteiger partial charge in [-0.05, 0) is 30.2 Å². The molecule has 0 saturated heterocycles. The first-order valence-electron chi connectivity index (χ1n) is 6.55. The Hall–Kier alpha value is -2.23. The second kappa shape index (κ2) is 5.41. The summed E-state index contributed by atoms with van der Waals surface area (Å²) in [5, 5.41) is 0. The maximum absolute atomic E-state index is 13.6. The molecule has 0 N–H and O–H groups in total. The predicted octanol–water partition coefficient (Wildman–Crippen LogP) is 3.73. The van der Waals surface area contributed by atoms with Crippen molar-refractivity contribution in [1.82, 2.24) is 0 Å². The average molecular weight is 272 g/mol. The molecular weight excluding hydrogens is 258 g/mol. The summed E-state index contributed by atoms with van der Waals surface area (Å²) in [7, 11) is 0. The van der Waals surface area contributed by atoms with E-state index in [1.807, 2.05) is 30.5 Å². The minimum atomic E-state index is -0.789. The summed E-state index contributed by atoms with van der Waals surface area (Å²) in [5.41, 5.74) is 2.36. The van der Waals surface area contributed by atoms with Crippen molar-refractivity contribution in [2.75, 3.05) is 18.0 Å². The molecule has 4 heteroatoms. The highest BCUT2D eigenvalue weighted by Gasteiger charge is 2.14. The first-order chi connectivity index (χ1) is 9.75. The van der Waals surface area contributed by atoms with Crippen LogP contribution in [-0.2, 0) is 6.42 Å². The van der Waals surface area contributed by atoms with Crippen molar-refractivity contribution in [3.8, 4) is 0 Å². The second-order valence-corrected chi connectivity index (χ2v) is 4.71. The molecule has 2 nitrogen and oxygen atoms in total. The van der Waals surface area contributed by atoms with E-state index in [2.05, 4.69) is 9.89 Å². The molecule has 0 aromatic heterocycles. The highest BCUT2D eigenvalue weighted by atomic mass is 19.2. The van der Waals surface area contributed by atoms with Crippen molar-refractivity contribution in [2.45, 2.75) is 6.42 Å². The average Bonchev–Trinajstić information content (AvgIpc) is 2.49. The molecule has 0 bridgehead atoms. The lowest BCUT2D eigenvalue weighted by molar-refractivity contribution is 0.498.